The van der Waals surface area contributed by atoms with E-state index in [-0.39, 0.29) is 11.9 Å². The molecule has 0 spiro atoms. The summed E-state index contributed by atoms with van der Waals surface area (Å²) in [5.74, 6) is -0.174. The summed E-state index contributed by atoms with van der Waals surface area (Å²) in [7, 11) is 0. The van der Waals surface area contributed by atoms with Crippen LogP contribution in [-0.2, 0) is 0 Å². The molecule has 0 saturated heterocycles. The average Bonchev–Trinajstić information content (AvgIpc) is 2.29. The van der Waals surface area contributed by atoms with E-state index in [0.717, 1.165) is 22.8 Å². The fourth-order valence-electron chi connectivity index (χ4n) is 2.42. The number of phenols is 1. The SMILES string of the molecule is Cc1ccc2c(c1)C(C)Oc1cc(O)cc(F)c1-2. The van der Waals surface area contributed by atoms with Gasteiger partial charge in [-0.2, -0.15) is 0 Å². The third-order valence-corrected chi connectivity index (χ3v) is 3.26. The molecule has 3 heteroatoms. The number of phenolic OH excluding ortho intramolecular Hbond substituents is 1. The zero-order valence-corrected chi connectivity index (χ0v) is 10.2. The highest BCUT2D eigenvalue weighted by molar-refractivity contribution is 5.77. The van der Waals surface area contributed by atoms with Crippen molar-refractivity contribution in [3.63, 3.8) is 0 Å². The van der Waals surface area contributed by atoms with Crippen LogP contribution in [0.5, 0.6) is 11.5 Å². The van der Waals surface area contributed by atoms with Gasteiger partial charge in [-0.15, -0.1) is 0 Å². The summed E-state index contributed by atoms with van der Waals surface area (Å²) in [6.07, 6.45) is -0.145. The monoisotopic (exact) mass is 244 g/mol. The van der Waals surface area contributed by atoms with Gasteiger partial charge in [-0.05, 0) is 19.4 Å². The molecule has 0 amide bonds. The number of halogens is 1. The zero-order valence-electron chi connectivity index (χ0n) is 10.2. The Morgan fingerprint density at radius 1 is 1.22 bits per heavy atom. The number of hydrogen-bond donors (Lipinski definition) is 1. The van der Waals surface area contributed by atoms with Crippen molar-refractivity contribution in [1.29, 1.82) is 0 Å². The van der Waals surface area contributed by atoms with E-state index in [0.29, 0.717) is 11.3 Å². The van der Waals surface area contributed by atoms with Crippen LogP contribution in [0.25, 0.3) is 11.1 Å². The van der Waals surface area contributed by atoms with Gasteiger partial charge in [-0.1, -0.05) is 23.8 Å². The number of hydrogen-bond acceptors (Lipinski definition) is 2. The maximum absolute atomic E-state index is 14.0. The van der Waals surface area contributed by atoms with Gasteiger partial charge in [0.15, 0.2) is 0 Å². The van der Waals surface area contributed by atoms with E-state index < -0.39 is 5.82 Å². The quantitative estimate of drug-likeness (QED) is 0.760. The second kappa shape index (κ2) is 3.73. The fraction of sp³-hybridized carbons (Fsp3) is 0.200. The molecule has 0 saturated carbocycles. The van der Waals surface area contributed by atoms with Crippen molar-refractivity contribution in [3.05, 3.63) is 47.3 Å². The smallest absolute Gasteiger partial charge is 0.138 e. The highest BCUT2D eigenvalue weighted by Gasteiger charge is 2.26. The van der Waals surface area contributed by atoms with Crippen molar-refractivity contribution in [2.24, 2.45) is 0 Å². The van der Waals surface area contributed by atoms with Crippen molar-refractivity contribution in [2.45, 2.75) is 20.0 Å². The molecule has 2 aromatic rings. The third-order valence-electron chi connectivity index (χ3n) is 3.26. The van der Waals surface area contributed by atoms with Crippen LogP contribution in [0.15, 0.2) is 30.3 Å². The topological polar surface area (TPSA) is 29.5 Å². The molecule has 92 valence electrons. The molecule has 1 heterocycles. The normalized spacial score (nSPS) is 16.7. The van der Waals surface area contributed by atoms with Crippen molar-refractivity contribution < 1.29 is 14.2 Å². The molecule has 18 heavy (non-hydrogen) atoms. The summed E-state index contributed by atoms with van der Waals surface area (Å²) < 4.78 is 19.7. The van der Waals surface area contributed by atoms with Gasteiger partial charge in [-0.25, -0.2) is 4.39 Å². The van der Waals surface area contributed by atoms with Crippen LogP contribution in [0.2, 0.25) is 0 Å². The third kappa shape index (κ3) is 1.55. The van der Waals surface area contributed by atoms with E-state index in [1.54, 1.807) is 0 Å². The second-order valence-corrected chi connectivity index (χ2v) is 4.65. The molecule has 0 aliphatic carbocycles. The number of fused-ring (bicyclic) bond motifs is 3. The van der Waals surface area contributed by atoms with Crippen LogP contribution >= 0.6 is 0 Å². The Labute approximate surface area is 105 Å². The highest BCUT2D eigenvalue weighted by atomic mass is 19.1. The predicted octanol–water partition coefficient (Wildman–Crippen LogP) is 3.96. The van der Waals surface area contributed by atoms with E-state index in [1.165, 1.54) is 6.07 Å². The minimum Gasteiger partial charge on any atom is -0.508 e. The Morgan fingerprint density at radius 3 is 2.78 bits per heavy atom. The van der Waals surface area contributed by atoms with E-state index in [4.69, 9.17) is 4.74 Å². The van der Waals surface area contributed by atoms with Gasteiger partial charge >= 0.3 is 0 Å². The fourth-order valence-corrected chi connectivity index (χ4v) is 2.42. The summed E-state index contributed by atoms with van der Waals surface area (Å²) in [5.41, 5.74) is 3.37. The largest absolute Gasteiger partial charge is 0.508 e. The van der Waals surface area contributed by atoms with Crippen molar-refractivity contribution in [1.82, 2.24) is 0 Å². The van der Waals surface area contributed by atoms with E-state index in [9.17, 15) is 9.50 Å². The molecular weight excluding hydrogens is 231 g/mol. The summed E-state index contributed by atoms with van der Waals surface area (Å²) in [6, 6.07) is 8.43. The van der Waals surface area contributed by atoms with Crippen molar-refractivity contribution in [3.8, 4) is 22.6 Å². The summed E-state index contributed by atoms with van der Waals surface area (Å²) in [4.78, 5) is 0. The minimum atomic E-state index is -0.456. The van der Waals surface area contributed by atoms with Gasteiger partial charge in [-0.3, -0.25) is 0 Å². The number of benzene rings is 2. The lowest BCUT2D eigenvalue weighted by atomic mass is 9.91. The summed E-state index contributed by atoms with van der Waals surface area (Å²) in [6.45, 7) is 3.92. The molecule has 0 bridgehead atoms. The Kier molecular flexibility index (Phi) is 2.30. The standard InChI is InChI=1S/C15H13FO2/c1-8-3-4-11-12(5-8)9(2)18-14-7-10(17)6-13(16)15(11)14/h3-7,9,17H,1-2H3. The van der Waals surface area contributed by atoms with Gasteiger partial charge in [0.05, 0.1) is 5.56 Å². The number of rotatable bonds is 0. The van der Waals surface area contributed by atoms with Crippen LogP contribution in [-0.4, -0.2) is 5.11 Å². The Balaban J connectivity index is 2.32. The molecule has 1 N–H and O–H groups in total. The van der Waals surface area contributed by atoms with E-state index in [1.807, 2.05) is 32.0 Å². The zero-order chi connectivity index (χ0) is 12.9. The summed E-state index contributed by atoms with van der Waals surface area (Å²) in [5, 5.41) is 9.43. The lowest BCUT2D eigenvalue weighted by Crippen LogP contribution is -2.12. The van der Waals surface area contributed by atoms with Gasteiger partial charge in [0.25, 0.3) is 0 Å². The number of aromatic hydroxyl groups is 1. The Hall–Kier alpha value is -2.03. The molecule has 1 aliphatic rings. The first kappa shape index (κ1) is 11.1. The summed E-state index contributed by atoms with van der Waals surface area (Å²) >= 11 is 0. The molecule has 3 rings (SSSR count). The molecule has 1 atom stereocenters. The van der Waals surface area contributed by atoms with Gasteiger partial charge in [0, 0.05) is 17.7 Å². The maximum Gasteiger partial charge on any atom is 0.138 e. The maximum atomic E-state index is 14.0. The molecule has 1 unspecified atom stereocenters. The molecular formula is C15H13FO2. The van der Waals surface area contributed by atoms with Gasteiger partial charge in [0.1, 0.15) is 23.4 Å². The lowest BCUT2D eigenvalue weighted by molar-refractivity contribution is 0.221. The van der Waals surface area contributed by atoms with Gasteiger partial charge in [0.2, 0.25) is 0 Å². The van der Waals surface area contributed by atoms with Crippen LogP contribution in [0.4, 0.5) is 4.39 Å². The first-order valence-corrected chi connectivity index (χ1v) is 5.86. The van der Waals surface area contributed by atoms with Crippen molar-refractivity contribution in [2.75, 3.05) is 0 Å². The first-order valence-electron chi connectivity index (χ1n) is 5.86. The molecule has 0 aromatic heterocycles. The Bertz CT molecular complexity index is 635. The minimum absolute atomic E-state index is 0.117. The molecule has 2 aromatic carbocycles. The average molecular weight is 244 g/mol. The van der Waals surface area contributed by atoms with Crippen molar-refractivity contribution >= 4 is 0 Å². The molecule has 0 radical (unpaired) electrons. The molecule has 0 fully saturated rings. The van der Waals surface area contributed by atoms with E-state index >= 15 is 0 Å². The van der Waals surface area contributed by atoms with E-state index in [2.05, 4.69) is 0 Å². The second-order valence-electron chi connectivity index (χ2n) is 4.65. The number of aryl methyl sites for hydroxylation is 1. The molecule has 1 aliphatic heterocycles. The van der Waals surface area contributed by atoms with Crippen LogP contribution in [0.3, 0.4) is 0 Å². The van der Waals surface area contributed by atoms with Crippen LogP contribution in [0, 0.1) is 12.7 Å². The number of ether oxygens (including phenoxy) is 1. The predicted molar refractivity (Wildman–Crippen MR) is 67.3 cm³/mol. The first-order chi connectivity index (χ1) is 8.56. The Morgan fingerprint density at radius 2 is 2.00 bits per heavy atom. The van der Waals surface area contributed by atoms with Crippen LogP contribution in [0.1, 0.15) is 24.2 Å². The molecule has 2 nitrogen and oxygen atoms in total. The lowest BCUT2D eigenvalue weighted by Gasteiger charge is -2.27. The van der Waals surface area contributed by atoms with Gasteiger partial charge < -0.3 is 9.84 Å². The highest BCUT2D eigenvalue weighted by Crippen LogP contribution is 2.45. The van der Waals surface area contributed by atoms with Crippen LogP contribution < -0.4 is 4.74 Å².